The highest BCUT2D eigenvalue weighted by molar-refractivity contribution is 6.29. The molecular weight excluding hydrogens is 214 g/mol. The molecule has 15 heavy (non-hydrogen) atoms. The minimum Gasteiger partial charge on any atom is -0.330 e. The normalized spacial score (nSPS) is 12.2. The number of carbonyl (C=O) groups is 1. The van der Waals surface area contributed by atoms with Crippen molar-refractivity contribution in [1.29, 1.82) is 0 Å². The van der Waals surface area contributed by atoms with Crippen LogP contribution in [0, 0.1) is 5.92 Å². The first-order valence-electron chi connectivity index (χ1n) is 4.73. The Morgan fingerprint density at radius 1 is 1.73 bits per heavy atom. The third kappa shape index (κ3) is 4.27. The van der Waals surface area contributed by atoms with E-state index in [2.05, 4.69) is 10.3 Å². The maximum absolute atomic E-state index is 11.5. The van der Waals surface area contributed by atoms with Gasteiger partial charge < -0.3 is 11.1 Å². The van der Waals surface area contributed by atoms with E-state index in [1.807, 2.05) is 6.92 Å². The fourth-order valence-electron chi connectivity index (χ4n) is 1.09. The molecule has 5 heteroatoms. The summed E-state index contributed by atoms with van der Waals surface area (Å²) in [6.07, 6.45) is 1.96. The van der Waals surface area contributed by atoms with Gasteiger partial charge in [-0.1, -0.05) is 18.5 Å². The Morgan fingerprint density at radius 2 is 2.47 bits per heavy atom. The number of hydrogen-bond donors (Lipinski definition) is 2. The molecule has 0 aliphatic carbocycles. The molecule has 0 saturated heterocycles. The summed E-state index contributed by atoms with van der Waals surface area (Å²) in [5.41, 5.74) is 6.08. The molecule has 1 unspecified atom stereocenters. The first kappa shape index (κ1) is 11.9. The fraction of sp³-hybridized carbons (Fsp3) is 0.400. The van der Waals surface area contributed by atoms with Gasteiger partial charge in [-0.2, -0.15) is 0 Å². The van der Waals surface area contributed by atoms with E-state index < -0.39 is 0 Å². The number of nitrogens with one attached hydrogen (secondary N) is 1. The van der Waals surface area contributed by atoms with Gasteiger partial charge in [-0.25, -0.2) is 4.98 Å². The van der Waals surface area contributed by atoms with Gasteiger partial charge in [-0.3, -0.25) is 4.79 Å². The van der Waals surface area contributed by atoms with Crippen molar-refractivity contribution in [3.8, 4) is 0 Å². The number of aromatic nitrogens is 1. The van der Waals surface area contributed by atoms with Gasteiger partial charge in [-0.15, -0.1) is 0 Å². The van der Waals surface area contributed by atoms with Crippen molar-refractivity contribution in [2.24, 2.45) is 11.7 Å². The van der Waals surface area contributed by atoms with Crippen molar-refractivity contribution in [2.45, 2.75) is 13.3 Å². The molecule has 1 heterocycles. The Balaban J connectivity index is 2.51. The average Bonchev–Trinajstić information content (AvgIpc) is 2.17. The van der Waals surface area contributed by atoms with Gasteiger partial charge in [-0.05, 0) is 24.6 Å². The number of pyridine rings is 1. The van der Waals surface area contributed by atoms with Crippen molar-refractivity contribution in [3.05, 3.63) is 23.5 Å². The van der Waals surface area contributed by atoms with E-state index in [0.29, 0.717) is 23.8 Å². The number of nitrogens with two attached hydrogens (primary N) is 1. The summed E-state index contributed by atoms with van der Waals surface area (Å²) < 4.78 is 0. The molecule has 1 rings (SSSR count). The number of nitrogens with zero attached hydrogens (tertiary/aromatic N) is 1. The molecule has 0 radical (unpaired) electrons. The summed E-state index contributed by atoms with van der Waals surface area (Å²) in [7, 11) is 0. The highest BCUT2D eigenvalue weighted by atomic mass is 35.5. The summed E-state index contributed by atoms with van der Waals surface area (Å²) in [6.45, 7) is 2.43. The smallest absolute Gasteiger partial charge is 0.224 e. The Hall–Kier alpha value is -1.13. The van der Waals surface area contributed by atoms with E-state index in [-0.39, 0.29) is 11.8 Å². The summed E-state index contributed by atoms with van der Waals surface area (Å²) in [5.74, 6) is 0.123. The second kappa shape index (κ2) is 5.68. The highest BCUT2D eigenvalue weighted by Crippen LogP contribution is 2.12. The Labute approximate surface area is 93.8 Å². The average molecular weight is 228 g/mol. The molecule has 0 aliphatic rings. The quantitative estimate of drug-likeness (QED) is 0.769. The Morgan fingerprint density at radius 3 is 3.07 bits per heavy atom. The number of carbonyl (C=O) groups excluding carboxylic acids is 1. The van der Waals surface area contributed by atoms with Gasteiger partial charge in [0.25, 0.3) is 0 Å². The lowest BCUT2D eigenvalue weighted by molar-refractivity contribution is -0.116. The van der Waals surface area contributed by atoms with Crippen LogP contribution in [0.15, 0.2) is 18.3 Å². The van der Waals surface area contributed by atoms with Crippen molar-refractivity contribution in [3.63, 3.8) is 0 Å². The van der Waals surface area contributed by atoms with Crippen molar-refractivity contribution < 1.29 is 4.79 Å². The number of halogens is 1. The van der Waals surface area contributed by atoms with Crippen molar-refractivity contribution >= 4 is 23.2 Å². The molecule has 0 aromatic carbocycles. The molecule has 0 bridgehead atoms. The standard InChI is InChI=1S/C10H14ClN3O/c1-7(6-12)4-10(15)14-8-2-3-13-9(11)5-8/h2-3,5,7H,4,6,12H2,1H3,(H,13,14,15). The van der Waals surface area contributed by atoms with Gasteiger partial charge in [0.2, 0.25) is 5.91 Å². The molecule has 1 aromatic rings. The zero-order valence-electron chi connectivity index (χ0n) is 8.53. The molecule has 0 fully saturated rings. The lowest BCUT2D eigenvalue weighted by Gasteiger charge is -2.08. The van der Waals surface area contributed by atoms with Crippen LogP contribution in [-0.4, -0.2) is 17.4 Å². The van der Waals surface area contributed by atoms with Crippen LogP contribution < -0.4 is 11.1 Å². The fourth-order valence-corrected chi connectivity index (χ4v) is 1.27. The van der Waals surface area contributed by atoms with E-state index in [0.717, 1.165) is 0 Å². The maximum Gasteiger partial charge on any atom is 0.224 e. The lowest BCUT2D eigenvalue weighted by Crippen LogP contribution is -2.20. The van der Waals surface area contributed by atoms with E-state index in [1.165, 1.54) is 0 Å². The zero-order valence-corrected chi connectivity index (χ0v) is 9.29. The minimum atomic E-state index is -0.0600. The molecule has 3 N–H and O–H groups in total. The highest BCUT2D eigenvalue weighted by Gasteiger charge is 2.07. The van der Waals surface area contributed by atoms with E-state index in [4.69, 9.17) is 17.3 Å². The lowest BCUT2D eigenvalue weighted by atomic mass is 10.1. The monoisotopic (exact) mass is 227 g/mol. The third-order valence-electron chi connectivity index (χ3n) is 1.95. The Kier molecular flexibility index (Phi) is 4.52. The van der Waals surface area contributed by atoms with Crippen LogP contribution in [0.5, 0.6) is 0 Å². The summed E-state index contributed by atoms with van der Waals surface area (Å²) in [4.78, 5) is 15.3. The van der Waals surface area contributed by atoms with E-state index in [9.17, 15) is 4.79 Å². The van der Waals surface area contributed by atoms with Crippen LogP contribution in [0.2, 0.25) is 5.15 Å². The topological polar surface area (TPSA) is 68.0 Å². The molecule has 0 aliphatic heterocycles. The molecule has 1 amide bonds. The van der Waals surface area contributed by atoms with Crippen molar-refractivity contribution in [1.82, 2.24) is 4.98 Å². The summed E-state index contributed by atoms with van der Waals surface area (Å²) in [6, 6.07) is 3.30. The molecule has 0 spiro atoms. The molecule has 4 nitrogen and oxygen atoms in total. The van der Waals surface area contributed by atoms with Gasteiger partial charge in [0.1, 0.15) is 5.15 Å². The number of hydrogen-bond acceptors (Lipinski definition) is 3. The van der Waals surface area contributed by atoms with Gasteiger partial charge in [0.15, 0.2) is 0 Å². The van der Waals surface area contributed by atoms with Gasteiger partial charge >= 0.3 is 0 Å². The first-order valence-corrected chi connectivity index (χ1v) is 5.11. The van der Waals surface area contributed by atoms with E-state index in [1.54, 1.807) is 18.3 Å². The zero-order chi connectivity index (χ0) is 11.3. The molecule has 1 atom stereocenters. The molecule has 82 valence electrons. The molecular formula is C10H14ClN3O. The van der Waals surface area contributed by atoms with Crippen molar-refractivity contribution in [2.75, 3.05) is 11.9 Å². The minimum absolute atomic E-state index is 0.0600. The number of rotatable bonds is 4. The predicted molar refractivity (Wildman–Crippen MR) is 60.7 cm³/mol. The number of anilines is 1. The Bertz CT molecular complexity index is 343. The van der Waals surface area contributed by atoms with Crippen LogP contribution in [0.4, 0.5) is 5.69 Å². The number of amides is 1. The predicted octanol–water partition coefficient (Wildman–Crippen LogP) is 1.66. The first-order chi connectivity index (χ1) is 7.11. The summed E-state index contributed by atoms with van der Waals surface area (Å²) in [5, 5.41) is 3.09. The van der Waals surface area contributed by atoms with Crippen LogP contribution in [0.3, 0.4) is 0 Å². The second-order valence-corrected chi connectivity index (χ2v) is 3.85. The van der Waals surface area contributed by atoms with Crippen LogP contribution >= 0.6 is 11.6 Å². The van der Waals surface area contributed by atoms with Crippen LogP contribution in [0.1, 0.15) is 13.3 Å². The van der Waals surface area contributed by atoms with Crippen LogP contribution in [0.25, 0.3) is 0 Å². The maximum atomic E-state index is 11.5. The largest absolute Gasteiger partial charge is 0.330 e. The third-order valence-corrected chi connectivity index (χ3v) is 2.15. The second-order valence-electron chi connectivity index (χ2n) is 3.46. The van der Waals surface area contributed by atoms with Gasteiger partial charge in [0, 0.05) is 18.3 Å². The molecule has 1 aromatic heterocycles. The van der Waals surface area contributed by atoms with Gasteiger partial charge in [0.05, 0.1) is 0 Å². The van der Waals surface area contributed by atoms with E-state index >= 15 is 0 Å². The SMILES string of the molecule is CC(CN)CC(=O)Nc1ccnc(Cl)c1. The summed E-state index contributed by atoms with van der Waals surface area (Å²) >= 11 is 5.68. The molecule has 0 saturated carbocycles. The van der Waals surface area contributed by atoms with Crippen LogP contribution in [-0.2, 0) is 4.79 Å².